The fourth-order valence-corrected chi connectivity index (χ4v) is 5.28. The predicted molar refractivity (Wildman–Crippen MR) is 102 cm³/mol. The van der Waals surface area contributed by atoms with Crippen molar-refractivity contribution in [3.8, 4) is 0 Å². The predicted octanol–water partition coefficient (Wildman–Crippen LogP) is 3.41. The SMILES string of the molecule is CC1=CC[C@H]2[C@H](C(=O)[C@]3(O)C[C@H](CC(C)C)NC3=O)[C@@H](C)C(C)=C[C@H]2C1. The van der Waals surface area contributed by atoms with Gasteiger partial charge >= 0.3 is 0 Å². The summed E-state index contributed by atoms with van der Waals surface area (Å²) in [5.41, 5.74) is 0.710. The summed E-state index contributed by atoms with van der Waals surface area (Å²) in [7, 11) is 0. The number of carbonyl (C=O) groups excluding carboxylic acids is 2. The van der Waals surface area contributed by atoms with Crippen molar-refractivity contribution in [2.45, 2.75) is 71.9 Å². The van der Waals surface area contributed by atoms with Crippen LogP contribution < -0.4 is 5.32 Å². The van der Waals surface area contributed by atoms with Crippen molar-refractivity contribution in [1.82, 2.24) is 5.32 Å². The highest BCUT2D eigenvalue weighted by Gasteiger charge is 2.56. The Morgan fingerprint density at radius 1 is 1.38 bits per heavy atom. The van der Waals surface area contributed by atoms with E-state index in [-0.39, 0.29) is 36.0 Å². The van der Waals surface area contributed by atoms with Crippen molar-refractivity contribution >= 4 is 11.7 Å². The molecule has 0 aromatic rings. The fraction of sp³-hybridized carbons (Fsp3) is 0.727. The Hall–Kier alpha value is -1.42. The molecular weight excluding hydrogens is 326 g/mol. The minimum Gasteiger partial charge on any atom is -0.373 e. The van der Waals surface area contributed by atoms with Crippen molar-refractivity contribution in [1.29, 1.82) is 0 Å². The van der Waals surface area contributed by atoms with Gasteiger partial charge in [0.05, 0.1) is 0 Å². The van der Waals surface area contributed by atoms with Crippen LogP contribution in [0.4, 0.5) is 0 Å². The van der Waals surface area contributed by atoms with Crippen LogP contribution in [0.15, 0.2) is 23.3 Å². The van der Waals surface area contributed by atoms with Crippen LogP contribution >= 0.6 is 0 Å². The van der Waals surface area contributed by atoms with Crippen molar-refractivity contribution in [2.24, 2.45) is 29.6 Å². The average Bonchev–Trinajstić information content (AvgIpc) is 2.82. The van der Waals surface area contributed by atoms with Gasteiger partial charge in [-0.1, -0.05) is 44.1 Å². The van der Waals surface area contributed by atoms with Gasteiger partial charge in [-0.05, 0) is 56.8 Å². The van der Waals surface area contributed by atoms with Gasteiger partial charge in [-0.25, -0.2) is 0 Å². The van der Waals surface area contributed by atoms with Gasteiger partial charge in [-0.15, -0.1) is 0 Å². The molecule has 1 saturated heterocycles. The molecule has 1 heterocycles. The van der Waals surface area contributed by atoms with Gasteiger partial charge < -0.3 is 10.4 Å². The van der Waals surface area contributed by atoms with Crippen LogP contribution in [0.2, 0.25) is 0 Å². The number of hydrogen-bond acceptors (Lipinski definition) is 3. The number of fused-ring (bicyclic) bond motifs is 1. The molecule has 0 saturated carbocycles. The number of carbonyl (C=O) groups is 2. The number of allylic oxidation sites excluding steroid dienone is 4. The molecule has 2 N–H and O–H groups in total. The molecule has 0 unspecified atom stereocenters. The average molecular weight is 360 g/mol. The Morgan fingerprint density at radius 2 is 2.08 bits per heavy atom. The molecule has 0 bridgehead atoms. The lowest BCUT2D eigenvalue weighted by atomic mass is 9.60. The van der Waals surface area contributed by atoms with Crippen LogP contribution in [0, 0.1) is 29.6 Å². The van der Waals surface area contributed by atoms with E-state index < -0.39 is 11.5 Å². The van der Waals surface area contributed by atoms with E-state index in [1.165, 1.54) is 11.1 Å². The highest BCUT2D eigenvalue weighted by Crippen LogP contribution is 2.47. The quantitative estimate of drug-likeness (QED) is 0.597. The van der Waals surface area contributed by atoms with Gasteiger partial charge in [0.2, 0.25) is 5.60 Å². The zero-order chi connectivity index (χ0) is 19.2. The Morgan fingerprint density at radius 3 is 2.73 bits per heavy atom. The number of amides is 1. The largest absolute Gasteiger partial charge is 0.373 e. The van der Waals surface area contributed by atoms with Crippen LogP contribution in [0.1, 0.15) is 60.3 Å². The first kappa shape index (κ1) is 19.3. The summed E-state index contributed by atoms with van der Waals surface area (Å²) in [6, 6.07) is -0.115. The van der Waals surface area contributed by atoms with Crippen molar-refractivity contribution in [3.05, 3.63) is 23.3 Å². The van der Waals surface area contributed by atoms with Gasteiger partial charge in [-0.3, -0.25) is 9.59 Å². The first-order valence-electron chi connectivity index (χ1n) is 10.0. The van der Waals surface area contributed by atoms with E-state index in [0.29, 0.717) is 11.8 Å². The Balaban J connectivity index is 1.88. The molecule has 1 fully saturated rings. The normalized spacial score (nSPS) is 40.0. The maximum atomic E-state index is 13.5. The molecular formula is C22H33NO3. The third-order valence-electron chi connectivity index (χ3n) is 6.76. The molecule has 0 aromatic carbocycles. The molecule has 4 heteroatoms. The van der Waals surface area contributed by atoms with Gasteiger partial charge in [-0.2, -0.15) is 0 Å². The second-order valence-electron chi connectivity index (χ2n) is 9.27. The van der Waals surface area contributed by atoms with Gasteiger partial charge in [0.15, 0.2) is 5.78 Å². The third-order valence-corrected chi connectivity index (χ3v) is 6.76. The summed E-state index contributed by atoms with van der Waals surface area (Å²) in [4.78, 5) is 26.1. The van der Waals surface area contributed by atoms with Crippen LogP contribution in [-0.2, 0) is 9.59 Å². The Labute approximate surface area is 157 Å². The third kappa shape index (κ3) is 3.28. The second kappa shape index (κ2) is 6.95. The van der Waals surface area contributed by atoms with Crippen molar-refractivity contribution < 1.29 is 14.7 Å². The molecule has 3 aliphatic rings. The molecule has 2 aliphatic carbocycles. The monoisotopic (exact) mass is 359 g/mol. The number of rotatable bonds is 4. The molecule has 1 aliphatic heterocycles. The topological polar surface area (TPSA) is 66.4 Å². The zero-order valence-electron chi connectivity index (χ0n) is 16.7. The molecule has 0 spiro atoms. The number of aliphatic hydroxyl groups is 1. The lowest BCUT2D eigenvalue weighted by Crippen LogP contribution is -2.53. The minimum absolute atomic E-state index is 0.0662. The maximum Gasteiger partial charge on any atom is 0.260 e. The van der Waals surface area contributed by atoms with Crippen LogP contribution in [0.3, 0.4) is 0 Å². The maximum absolute atomic E-state index is 13.5. The first-order chi connectivity index (χ1) is 12.1. The van der Waals surface area contributed by atoms with Crippen LogP contribution in [-0.4, -0.2) is 28.4 Å². The molecule has 3 rings (SSSR count). The van der Waals surface area contributed by atoms with E-state index in [2.05, 4.69) is 52.1 Å². The summed E-state index contributed by atoms with van der Waals surface area (Å²) in [6.45, 7) is 10.5. The number of nitrogens with one attached hydrogen (secondary N) is 1. The van der Waals surface area contributed by atoms with Crippen molar-refractivity contribution in [2.75, 3.05) is 0 Å². The number of ketones is 1. The van der Waals surface area contributed by atoms with E-state index in [1.807, 2.05) is 0 Å². The molecule has 0 aromatic heterocycles. The van der Waals surface area contributed by atoms with E-state index in [1.54, 1.807) is 0 Å². The van der Waals surface area contributed by atoms with Gasteiger partial charge in [0.25, 0.3) is 5.91 Å². The number of Topliss-reactive ketones (excluding diaryl/α,β-unsaturated/α-hetero) is 1. The standard InChI is InChI=1S/C22H33NO3/c1-12(2)8-17-11-22(26,21(25)23-17)20(24)19-15(5)14(4)10-16-9-13(3)6-7-18(16)19/h6,10,12,15-19,26H,7-9,11H2,1-5H3,(H,23,25)/t15-,16+,17-,18+,19+,22+/m0/s1. The highest BCUT2D eigenvalue weighted by atomic mass is 16.3. The van der Waals surface area contributed by atoms with Gasteiger partial charge in [0.1, 0.15) is 0 Å². The molecule has 26 heavy (non-hydrogen) atoms. The minimum atomic E-state index is -1.86. The lowest BCUT2D eigenvalue weighted by Gasteiger charge is -2.43. The van der Waals surface area contributed by atoms with Crippen LogP contribution in [0.5, 0.6) is 0 Å². The molecule has 144 valence electrons. The van der Waals surface area contributed by atoms with E-state index >= 15 is 0 Å². The Kier molecular flexibility index (Phi) is 5.17. The second-order valence-corrected chi connectivity index (χ2v) is 9.27. The first-order valence-corrected chi connectivity index (χ1v) is 10.0. The van der Waals surface area contributed by atoms with Crippen LogP contribution in [0.25, 0.3) is 0 Å². The summed E-state index contributed by atoms with van der Waals surface area (Å²) in [5, 5.41) is 14.0. The summed E-state index contributed by atoms with van der Waals surface area (Å²) < 4.78 is 0. The van der Waals surface area contributed by atoms with E-state index in [0.717, 1.165) is 19.3 Å². The summed E-state index contributed by atoms with van der Waals surface area (Å²) in [5.74, 6) is -0.0434. The molecule has 1 amide bonds. The highest BCUT2D eigenvalue weighted by molar-refractivity contribution is 6.11. The lowest BCUT2D eigenvalue weighted by molar-refractivity contribution is -0.154. The van der Waals surface area contributed by atoms with E-state index in [4.69, 9.17) is 0 Å². The Bertz CT molecular complexity index is 662. The molecule has 6 atom stereocenters. The number of hydrogen-bond donors (Lipinski definition) is 2. The van der Waals surface area contributed by atoms with E-state index in [9.17, 15) is 14.7 Å². The summed E-state index contributed by atoms with van der Waals surface area (Å²) in [6.07, 6.45) is 7.36. The fourth-order valence-electron chi connectivity index (χ4n) is 5.28. The van der Waals surface area contributed by atoms with Gasteiger partial charge in [0, 0.05) is 18.4 Å². The smallest absolute Gasteiger partial charge is 0.260 e. The molecule has 0 radical (unpaired) electrons. The zero-order valence-corrected chi connectivity index (χ0v) is 16.7. The molecule has 4 nitrogen and oxygen atoms in total. The summed E-state index contributed by atoms with van der Waals surface area (Å²) >= 11 is 0. The van der Waals surface area contributed by atoms with Crippen molar-refractivity contribution in [3.63, 3.8) is 0 Å².